The fourth-order valence-corrected chi connectivity index (χ4v) is 2.16. The van der Waals surface area contributed by atoms with Crippen LogP contribution in [0.15, 0.2) is 24.3 Å². The quantitative estimate of drug-likeness (QED) is 0.608. The van der Waals surface area contributed by atoms with Crippen molar-refractivity contribution in [2.45, 2.75) is 18.4 Å². The number of hydrogen-bond donors (Lipinski definition) is 2. The predicted octanol–water partition coefficient (Wildman–Crippen LogP) is 1.26. The molecule has 0 spiro atoms. The minimum atomic E-state index is -1.09. The number of aliphatic carboxylic acids is 1. The molecule has 1 aliphatic rings. The van der Waals surface area contributed by atoms with Crippen molar-refractivity contribution in [2.24, 2.45) is 0 Å². The lowest BCUT2D eigenvalue weighted by molar-refractivity contribution is -0.384. The van der Waals surface area contributed by atoms with E-state index >= 15 is 0 Å². The van der Waals surface area contributed by atoms with Gasteiger partial charge < -0.3 is 5.11 Å². The van der Waals surface area contributed by atoms with Gasteiger partial charge in [-0.2, -0.15) is 0 Å². The maximum Gasteiger partial charge on any atom is 0.328 e. The van der Waals surface area contributed by atoms with Crippen LogP contribution in [0.3, 0.4) is 0 Å². The highest BCUT2D eigenvalue weighted by Crippen LogP contribution is 2.32. The van der Waals surface area contributed by atoms with E-state index in [4.69, 9.17) is 0 Å². The molecule has 0 saturated carbocycles. The van der Waals surface area contributed by atoms with Crippen LogP contribution in [0.4, 0.5) is 5.69 Å². The number of benzene rings is 1. The van der Waals surface area contributed by atoms with Crippen LogP contribution in [-0.2, 0) is 10.3 Å². The number of nitro benzene ring substituents is 1. The predicted molar refractivity (Wildman–Crippen MR) is 59.6 cm³/mol. The van der Waals surface area contributed by atoms with E-state index in [1.165, 1.54) is 24.3 Å². The van der Waals surface area contributed by atoms with Crippen molar-refractivity contribution in [1.82, 2.24) is 5.32 Å². The second kappa shape index (κ2) is 4.14. The second-order valence-electron chi connectivity index (χ2n) is 4.04. The zero-order chi connectivity index (χ0) is 12.5. The molecule has 1 heterocycles. The van der Waals surface area contributed by atoms with Crippen LogP contribution in [0.25, 0.3) is 0 Å². The fourth-order valence-electron chi connectivity index (χ4n) is 2.16. The summed E-state index contributed by atoms with van der Waals surface area (Å²) in [5, 5.41) is 22.8. The molecule has 0 unspecified atom stereocenters. The highest BCUT2D eigenvalue weighted by Gasteiger charge is 2.42. The van der Waals surface area contributed by atoms with Crippen LogP contribution in [0.2, 0.25) is 0 Å². The molecule has 1 saturated heterocycles. The third-order valence-electron chi connectivity index (χ3n) is 3.09. The maximum absolute atomic E-state index is 11.3. The van der Waals surface area contributed by atoms with Gasteiger partial charge in [0.2, 0.25) is 0 Å². The van der Waals surface area contributed by atoms with E-state index in [0.717, 1.165) is 6.42 Å². The van der Waals surface area contributed by atoms with Crippen molar-refractivity contribution in [2.75, 3.05) is 6.54 Å². The SMILES string of the molecule is O=C(O)[C@@]1(c2ccc([N+](=O)[O-])cc2)CCCN1. The van der Waals surface area contributed by atoms with E-state index in [-0.39, 0.29) is 5.69 Å². The van der Waals surface area contributed by atoms with E-state index in [0.29, 0.717) is 18.5 Å². The van der Waals surface area contributed by atoms with E-state index in [1.807, 2.05) is 0 Å². The Morgan fingerprint density at radius 2 is 2.06 bits per heavy atom. The molecular weight excluding hydrogens is 224 g/mol. The van der Waals surface area contributed by atoms with Gasteiger partial charge in [0.15, 0.2) is 0 Å². The molecule has 1 fully saturated rings. The number of carboxylic acids is 1. The summed E-state index contributed by atoms with van der Waals surface area (Å²) in [5.74, 6) is -0.941. The molecule has 0 bridgehead atoms. The lowest BCUT2D eigenvalue weighted by atomic mass is 9.88. The summed E-state index contributed by atoms with van der Waals surface area (Å²) in [7, 11) is 0. The minimum Gasteiger partial charge on any atom is -0.480 e. The summed E-state index contributed by atoms with van der Waals surface area (Å²) < 4.78 is 0. The molecule has 6 nitrogen and oxygen atoms in total. The first-order valence-electron chi connectivity index (χ1n) is 5.29. The average molecular weight is 236 g/mol. The van der Waals surface area contributed by atoms with Crippen molar-refractivity contribution in [3.05, 3.63) is 39.9 Å². The van der Waals surface area contributed by atoms with Gasteiger partial charge in [0.05, 0.1) is 4.92 Å². The van der Waals surface area contributed by atoms with Crippen molar-refractivity contribution in [1.29, 1.82) is 0 Å². The molecule has 1 aromatic carbocycles. The Labute approximate surface area is 97.4 Å². The summed E-state index contributed by atoms with van der Waals surface area (Å²) in [6.07, 6.45) is 1.28. The summed E-state index contributed by atoms with van der Waals surface area (Å²) >= 11 is 0. The smallest absolute Gasteiger partial charge is 0.328 e. The number of non-ortho nitro benzene ring substituents is 1. The molecule has 0 aromatic heterocycles. The Hall–Kier alpha value is -1.95. The first-order chi connectivity index (χ1) is 8.06. The van der Waals surface area contributed by atoms with Crippen LogP contribution in [0.1, 0.15) is 18.4 Å². The number of carboxylic acid groups (broad SMARTS) is 1. The molecular formula is C11H12N2O4. The summed E-state index contributed by atoms with van der Waals surface area (Å²) in [5.41, 5.74) is -0.560. The summed E-state index contributed by atoms with van der Waals surface area (Å²) in [6.45, 7) is 0.642. The van der Waals surface area contributed by atoms with Crippen LogP contribution in [0, 0.1) is 10.1 Å². The van der Waals surface area contributed by atoms with Crippen molar-refractivity contribution in [3.63, 3.8) is 0 Å². The van der Waals surface area contributed by atoms with Crippen LogP contribution < -0.4 is 5.32 Å². The van der Waals surface area contributed by atoms with Gasteiger partial charge in [0, 0.05) is 12.1 Å². The van der Waals surface area contributed by atoms with Crippen molar-refractivity contribution < 1.29 is 14.8 Å². The van der Waals surface area contributed by atoms with E-state index in [9.17, 15) is 20.0 Å². The van der Waals surface area contributed by atoms with Gasteiger partial charge in [0.25, 0.3) is 5.69 Å². The highest BCUT2D eigenvalue weighted by molar-refractivity contribution is 5.81. The maximum atomic E-state index is 11.3. The Kier molecular flexibility index (Phi) is 2.81. The number of nitrogens with zero attached hydrogens (tertiary/aromatic N) is 1. The van der Waals surface area contributed by atoms with E-state index in [1.54, 1.807) is 0 Å². The zero-order valence-electron chi connectivity index (χ0n) is 9.05. The van der Waals surface area contributed by atoms with Gasteiger partial charge in [0.1, 0.15) is 5.54 Å². The van der Waals surface area contributed by atoms with Gasteiger partial charge >= 0.3 is 5.97 Å². The summed E-state index contributed by atoms with van der Waals surface area (Å²) in [4.78, 5) is 21.4. The zero-order valence-corrected chi connectivity index (χ0v) is 9.05. The Morgan fingerprint density at radius 1 is 1.41 bits per heavy atom. The fraction of sp³-hybridized carbons (Fsp3) is 0.364. The molecule has 90 valence electrons. The molecule has 1 aromatic rings. The average Bonchev–Trinajstić information content (AvgIpc) is 2.79. The van der Waals surface area contributed by atoms with Gasteiger partial charge in [-0.3, -0.25) is 15.4 Å². The largest absolute Gasteiger partial charge is 0.480 e. The monoisotopic (exact) mass is 236 g/mol. The second-order valence-corrected chi connectivity index (χ2v) is 4.04. The Morgan fingerprint density at radius 3 is 2.47 bits per heavy atom. The summed E-state index contributed by atoms with van der Waals surface area (Å²) in [6, 6.07) is 5.68. The Bertz CT molecular complexity index is 449. The number of nitrogens with one attached hydrogen (secondary N) is 1. The number of carbonyl (C=O) groups is 1. The van der Waals surface area contributed by atoms with Gasteiger partial charge in [-0.1, -0.05) is 0 Å². The van der Waals surface area contributed by atoms with E-state index < -0.39 is 16.4 Å². The number of hydrogen-bond acceptors (Lipinski definition) is 4. The van der Waals surface area contributed by atoms with Crippen molar-refractivity contribution in [3.8, 4) is 0 Å². The van der Waals surface area contributed by atoms with E-state index in [2.05, 4.69) is 5.32 Å². The molecule has 0 radical (unpaired) electrons. The standard InChI is InChI=1S/C11H12N2O4/c14-10(15)11(6-1-7-12-11)8-2-4-9(5-3-8)13(16)17/h2-5,12H,1,6-7H2,(H,14,15)/t11-/m0/s1. The van der Waals surface area contributed by atoms with Gasteiger partial charge in [-0.05, 0) is 37.1 Å². The molecule has 1 atom stereocenters. The molecule has 2 rings (SSSR count). The first kappa shape index (κ1) is 11.5. The minimum absolute atomic E-state index is 0.0349. The molecule has 0 amide bonds. The topological polar surface area (TPSA) is 92.5 Å². The van der Waals surface area contributed by atoms with Crippen LogP contribution in [-0.4, -0.2) is 22.5 Å². The molecule has 17 heavy (non-hydrogen) atoms. The lowest BCUT2D eigenvalue weighted by Gasteiger charge is -2.24. The molecule has 0 aliphatic carbocycles. The third kappa shape index (κ3) is 1.87. The molecule has 1 aliphatic heterocycles. The normalized spacial score (nSPS) is 23.5. The van der Waals surface area contributed by atoms with Gasteiger partial charge in [-0.25, -0.2) is 4.79 Å². The highest BCUT2D eigenvalue weighted by atomic mass is 16.6. The van der Waals surface area contributed by atoms with Crippen LogP contribution >= 0.6 is 0 Å². The molecule has 2 N–H and O–H groups in total. The Balaban J connectivity index is 2.38. The number of nitro groups is 1. The first-order valence-corrected chi connectivity index (χ1v) is 5.29. The molecule has 6 heteroatoms. The van der Waals surface area contributed by atoms with Gasteiger partial charge in [-0.15, -0.1) is 0 Å². The van der Waals surface area contributed by atoms with Crippen LogP contribution in [0.5, 0.6) is 0 Å². The lowest BCUT2D eigenvalue weighted by Crippen LogP contribution is -2.44. The van der Waals surface area contributed by atoms with Crippen molar-refractivity contribution >= 4 is 11.7 Å². The third-order valence-corrected chi connectivity index (χ3v) is 3.09. The number of rotatable bonds is 3.